The molecule has 0 amide bonds. The molecule has 1 atom stereocenters. The van der Waals surface area contributed by atoms with Crippen LogP contribution < -0.4 is 0 Å². The van der Waals surface area contributed by atoms with E-state index in [0.29, 0.717) is 13.2 Å². The van der Waals surface area contributed by atoms with Crippen molar-refractivity contribution in [3.05, 3.63) is 0 Å². The fraction of sp³-hybridized carbons (Fsp3) is 1.00. The van der Waals surface area contributed by atoms with Gasteiger partial charge in [0.25, 0.3) is 0 Å². The fourth-order valence-corrected chi connectivity index (χ4v) is 1.34. The van der Waals surface area contributed by atoms with Crippen LogP contribution in [0.1, 0.15) is 20.3 Å². The largest absolute Gasteiger partial charge is 0.393 e. The maximum absolute atomic E-state index is 9.06. The van der Waals surface area contributed by atoms with E-state index in [-0.39, 0.29) is 12.7 Å². The van der Waals surface area contributed by atoms with E-state index in [1.54, 1.807) is 0 Å². The van der Waals surface area contributed by atoms with Crippen molar-refractivity contribution in [2.75, 3.05) is 19.8 Å². The van der Waals surface area contributed by atoms with Gasteiger partial charge in [0.05, 0.1) is 19.3 Å². The Balaban J connectivity index is 2.45. The fourth-order valence-electron chi connectivity index (χ4n) is 1.34. The number of aliphatic hydroxyl groups excluding tert-OH is 1. The maximum atomic E-state index is 9.06. The Morgan fingerprint density at radius 1 is 1.64 bits per heavy atom. The normalized spacial score (nSPS) is 31.6. The van der Waals surface area contributed by atoms with Crippen molar-refractivity contribution in [3.8, 4) is 0 Å². The van der Waals surface area contributed by atoms with Crippen LogP contribution in [0.4, 0.5) is 0 Å². The van der Waals surface area contributed by atoms with E-state index in [2.05, 4.69) is 0 Å². The summed E-state index contributed by atoms with van der Waals surface area (Å²) in [4.78, 5) is 0. The molecule has 1 saturated heterocycles. The summed E-state index contributed by atoms with van der Waals surface area (Å²) >= 11 is 0. The highest BCUT2D eigenvalue weighted by Gasteiger charge is 2.36. The van der Waals surface area contributed by atoms with Gasteiger partial charge >= 0.3 is 0 Å². The quantitative estimate of drug-likeness (QED) is 0.655. The lowest BCUT2D eigenvalue weighted by molar-refractivity contribution is -0.108. The molecule has 0 radical (unpaired) electrons. The van der Waals surface area contributed by atoms with E-state index in [0.717, 1.165) is 6.42 Å². The molecule has 0 bridgehead atoms. The van der Waals surface area contributed by atoms with Crippen molar-refractivity contribution in [3.63, 3.8) is 0 Å². The molecule has 0 saturated carbocycles. The first-order valence-corrected chi connectivity index (χ1v) is 4.05. The monoisotopic (exact) mass is 160 g/mol. The molecule has 0 aromatic rings. The zero-order valence-corrected chi connectivity index (χ0v) is 7.17. The zero-order chi connectivity index (χ0) is 8.32. The van der Waals surface area contributed by atoms with Crippen molar-refractivity contribution >= 4 is 0 Å². The van der Waals surface area contributed by atoms with Gasteiger partial charge in [0.15, 0.2) is 0 Å². The smallest absolute Gasteiger partial charge is 0.117 e. The summed E-state index contributed by atoms with van der Waals surface area (Å²) in [6.45, 7) is 5.23. The molecular formula is C8H16O3. The molecule has 0 aromatic carbocycles. The predicted molar refractivity (Wildman–Crippen MR) is 41.5 cm³/mol. The second-order valence-electron chi connectivity index (χ2n) is 3.31. The van der Waals surface area contributed by atoms with Gasteiger partial charge in [0, 0.05) is 13.0 Å². The van der Waals surface area contributed by atoms with Crippen LogP contribution in [0.25, 0.3) is 0 Å². The molecule has 0 aliphatic carbocycles. The summed E-state index contributed by atoms with van der Waals surface area (Å²) in [6, 6.07) is 0. The van der Waals surface area contributed by atoms with Crippen LogP contribution in [0.5, 0.6) is 0 Å². The zero-order valence-electron chi connectivity index (χ0n) is 7.17. The number of hydrogen-bond donors (Lipinski definition) is 1. The lowest BCUT2D eigenvalue weighted by Crippen LogP contribution is -2.39. The SMILES string of the molecule is CC(C)OC1(CO)CCOC1. The van der Waals surface area contributed by atoms with Crippen LogP contribution >= 0.6 is 0 Å². The van der Waals surface area contributed by atoms with Crippen LogP contribution in [-0.2, 0) is 9.47 Å². The molecular weight excluding hydrogens is 144 g/mol. The van der Waals surface area contributed by atoms with E-state index in [1.807, 2.05) is 13.8 Å². The molecule has 3 heteroatoms. The second kappa shape index (κ2) is 3.52. The molecule has 3 nitrogen and oxygen atoms in total. The Labute approximate surface area is 67.3 Å². The van der Waals surface area contributed by atoms with Gasteiger partial charge in [-0.3, -0.25) is 0 Å². The molecule has 0 spiro atoms. The number of hydrogen-bond acceptors (Lipinski definition) is 3. The average molecular weight is 160 g/mol. The molecule has 0 aromatic heterocycles. The summed E-state index contributed by atoms with van der Waals surface area (Å²) in [6.07, 6.45) is 0.964. The molecule has 11 heavy (non-hydrogen) atoms. The van der Waals surface area contributed by atoms with Crippen molar-refractivity contribution in [2.24, 2.45) is 0 Å². The van der Waals surface area contributed by atoms with Crippen LogP contribution in [0.2, 0.25) is 0 Å². The molecule has 1 N–H and O–H groups in total. The molecule has 1 aliphatic heterocycles. The Bertz CT molecular complexity index is 117. The molecule has 1 rings (SSSR count). The first-order chi connectivity index (χ1) is 5.18. The first-order valence-electron chi connectivity index (χ1n) is 4.05. The highest BCUT2D eigenvalue weighted by atomic mass is 16.6. The van der Waals surface area contributed by atoms with Crippen LogP contribution in [0.15, 0.2) is 0 Å². The maximum Gasteiger partial charge on any atom is 0.117 e. The van der Waals surface area contributed by atoms with E-state index in [9.17, 15) is 0 Å². The number of aliphatic hydroxyl groups is 1. The minimum absolute atomic E-state index is 0.0607. The van der Waals surface area contributed by atoms with Crippen molar-refractivity contribution < 1.29 is 14.6 Å². The van der Waals surface area contributed by atoms with Crippen molar-refractivity contribution in [1.82, 2.24) is 0 Å². The predicted octanol–water partition coefficient (Wildman–Crippen LogP) is 0.563. The summed E-state index contributed by atoms with van der Waals surface area (Å²) in [5, 5.41) is 9.06. The summed E-state index contributed by atoms with van der Waals surface area (Å²) < 4.78 is 10.7. The van der Waals surface area contributed by atoms with Crippen LogP contribution in [-0.4, -0.2) is 36.6 Å². The van der Waals surface area contributed by atoms with Gasteiger partial charge < -0.3 is 14.6 Å². The highest BCUT2D eigenvalue weighted by molar-refractivity contribution is 4.84. The average Bonchev–Trinajstić information content (AvgIpc) is 2.36. The number of rotatable bonds is 3. The lowest BCUT2D eigenvalue weighted by atomic mass is 10.0. The summed E-state index contributed by atoms with van der Waals surface area (Å²) in [5.74, 6) is 0. The van der Waals surface area contributed by atoms with E-state index < -0.39 is 5.60 Å². The Kier molecular flexibility index (Phi) is 2.87. The molecule has 1 unspecified atom stereocenters. The third-order valence-corrected chi connectivity index (χ3v) is 1.84. The Hall–Kier alpha value is -0.120. The first kappa shape index (κ1) is 8.97. The van der Waals surface area contributed by atoms with Gasteiger partial charge in [-0.1, -0.05) is 0 Å². The minimum Gasteiger partial charge on any atom is -0.393 e. The lowest BCUT2D eigenvalue weighted by Gasteiger charge is -2.27. The van der Waals surface area contributed by atoms with Crippen LogP contribution in [0.3, 0.4) is 0 Å². The summed E-state index contributed by atoms with van der Waals surface area (Å²) in [7, 11) is 0. The van der Waals surface area contributed by atoms with Gasteiger partial charge in [-0.05, 0) is 13.8 Å². The molecule has 1 heterocycles. The van der Waals surface area contributed by atoms with Gasteiger partial charge in [-0.25, -0.2) is 0 Å². The highest BCUT2D eigenvalue weighted by Crippen LogP contribution is 2.23. The summed E-state index contributed by atoms with van der Waals surface area (Å²) in [5.41, 5.74) is -0.409. The molecule has 1 fully saturated rings. The Morgan fingerprint density at radius 2 is 2.36 bits per heavy atom. The van der Waals surface area contributed by atoms with Gasteiger partial charge in [0.1, 0.15) is 5.60 Å². The van der Waals surface area contributed by atoms with Crippen molar-refractivity contribution in [2.45, 2.75) is 32.0 Å². The minimum atomic E-state index is -0.409. The molecule has 66 valence electrons. The van der Waals surface area contributed by atoms with Crippen molar-refractivity contribution in [1.29, 1.82) is 0 Å². The van der Waals surface area contributed by atoms with Gasteiger partial charge in [0.2, 0.25) is 0 Å². The van der Waals surface area contributed by atoms with E-state index in [4.69, 9.17) is 14.6 Å². The molecule has 1 aliphatic rings. The number of ether oxygens (including phenoxy) is 2. The third kappa shape index (κ3) is 2.15. The topological polar surface area (TPSA) is 38.7 Å². The van der Waals surface area contributed by atoms with E-state index in [1.165, 1.54) is 0 Å². The van der Waals surface area contributed by atoms with E-state index >= 15 is 0 Å². The second-order valence-corrected chi connectivity index (χ2v) is 3.31. The van der Waals surface area contributed by atoms with Gasteiger partial charge in [-0.15, -0.1) is 0 Å². The standard InChI is InChI=1S/C8H16O3/c1-7(2)11-8(5-9)3-4-10-6-8/h7,9H,3-6H2,1-2H3. The Morgan fingerprint density at radius 3 is 2.73 bits per heavy atom. The van der Waals surface area contributed by atoms with Crippen LogP contribution in [0, 0.1) is 0 Å². The van der Waals surface area contributed by atoms with Gasteiger partial charge in [-0.2, -0.15) is 0 Å². The third-order valence-electron chi connectivity index (χ3n) is 1.84.